The van der Waals surface area contributed by atoms with Crippen LogP contribution in [0.25, 0.3) is 0 Å². The Labute approximate surface area is 120 Å². The van der Waals surface area contributed by atoms with E-state index in [9.17, 15) is 4.39 Å². The van der Waals surface area contributed by atoms with E-state index in [1.54, 1.807) is 23.1 Å². The minimum absolute atomic E-state index is 0.298. The summed E-state index contributed by atoms with van der Waals surface area (Å²) in [7, 11) is 0. The largest absolute Gasteiger partial charge is 0.488 e. The highest BCUT2D eigenvalue weighted by Gasteiger charge is 2.18. The van der Waals surface area contributed by atoms with Gasteiger partial charge < -0.3 is 14.4 Å². The predicted octanol–water partition coefficient (Wildman–Crippen LogP) is 1.54. The molecule has 0 aromatic heterocycles. The quantitative estimate of drug-likeness (QED) is 0.767. The third-order valence-corrected chi connectivity index (χ3v) is 3.79. The average Bonchev–Trinajstić information content (AvgIpc) is 2.44. The van der Waals surface area contributed by atoms with Crippen molar-refractivity contribution in [2.45, 2.75) is 19.8 Å². The molecular weight excluding hydrogens is 257 g/mol. The van der Waals surface area contributed by atoms with Gasteiger partial charge in [0.1, 0.15) is 13.2 Å². The van der Waals surface area contributed by atoms with Crippen LogP contribution in [0.1, 0.15) is 19.8 Å². The van der Waals surface area contributed by atoms with Gasteiger partial charge >= 0.3 is 0 Å². The van der Waals surface area contributed by atoms with Crippen LogP contribution in [0.15, 0.2) is 24.3 Å². The predicted molar refractivity (Wildman–Crippen MR) is 76.7 cm³/mol. The highest BCUT2D eigenvalue weighted by Crippen LogP contribution is 2.14. The van der Waals surface area contributed by atoms with Gasteiger partial charge in [0.05, 0.1) is 26.3 Å². The summed E-state index contributed by atoms with van der Waals surface area (Å²) >= 11 is 0. The molecule has 1 saturated heterocycles. The van der Waals surface area contributed by atoms with Gasteiger partial charge in [-0.2, -0.15) is 0 Å². The molecule has 4 heteroatoms. The first-order valence-electron chi connectivity index (χ1n) is 7.54. The summed E-state index contributed by atoms with van der Waals surface area (Å²) in [6.07, 6.45) is 2.69. The van der Waals surface area contributed by atoms with E-state index in [-0.39, 0.29) is 5.82 Å². The monoisotopic (exact) mass is 282 g/mol. The summed E-state index contributed by atoms with van der Waals surface area (Å²) in [6.45, 7) is 7.56. The third-order valence-electron chi connectivity index (χ3n) is 3.79. The van der Waals surface area contributed by atoms with Crippen molar-refractivity contribution >= 4 is 0 Å². The van der Waals surface area contributed by atoms with Crippen molar-refractivity contribution in [1.82, 2.24) is 0 Å². The fraction of sp³-hybridized carbons (Fsp3) is 0.625. The first-order valence-corrected chi connectivity index (χ1v) is 7.54. The van der Waals surface area contributed by atoms with Gasteiger partial charge in [-0.25, -0.2) is 4.39 Å². The molecule has 1 aliphatic heterocycles. The maximum atomic E-state index is 13.3. The normalized spacial score (nSPS) is 22.7. The van der Waals surface area contributed by atoms with Gasteiger partial charge in [0.15, 0.2) is 11.6 Å². The summed E-state index contributed by atoms with van der Waals surface area (Å²) in [5, 5.41) is 0. The number of para-hydroxylation sites is 1. The number of ether oxygens (including phenoxy) is 2. The molecule has 1 fully saturated rings. The Hall–Kier alpha value is -1.13. The van der Waals surface area contributed by atoms with Crippen molar-refractivity contribution in [3.05, 3.63) is 30.1 Å². The van der Waals surface area contributed by atoms with Gasteiger partial charge in [-0.1, -0.05) is 19.1 Å². The lowest BCUT2D eigenvalue weighted by Gasteiger charge is -2.27. The Kier molecular flexibility index (Phi) is 6.27. The average molecular weight is 282 g/mol. The zero-order valence-electron chi connectivity index (χ0n) is 12.2. The van der Waals surface area contributed by atoms with Gasteiger partial charge in [-0.15, -0.1) is 0 Å². The summed E-state index contributed by atoms with van der Waals surface area (Å²) in [5.74, 6) is 0.814. The SMILES string of the molecule is C[C@@H]1CCC[NH+](CCOCCOc2ccccc2F)C1. The lowest BCUT2D eigenvalue weighted by Crippen LogP contribution is -3.14. The molecular formula is C16H25FNO2+. The Morgan fingerprint density at radius 2 is 2.10 bits per heavy atom. The smallest absolute Gasteiger partial charge is 0.165 e. The fourth-order valence-electron chi connectivity index (χ4n) is 2.72. The van der Waals surface area contributed by atoms with Crippen LogP contribution < -0.4 is 9.64 Å². The molecule has 2 rings (SSSR count). The molecule has 0 radical (unpaired) electrons. The van der Waals surface area contributed by atoms with E-state index >= 15 is 0 Å². The van der Waals surface area contributed by atoms with Crippen molar-refractivity contribution in [3.8, 4) is 5.75 Å². The maximum absolute atomic E-state index is 13.3. The van der Waals surface area contributed by atoms with Crippen molar-refractivity contribution in [2.24, 2.45) is 5.92 Å². The molecule has 1 N–H and O–H groups in total. The molecule has 0 saturated carbocycles. The van der Waals surface area contributed by atoms with Gasteiger partial charge in [0.25, 0.3) is 0 Å². The van der Waals surface area contributed by atoms with E-state index in [1.807, 2.05) is 0 Å². The lowest BCUT2D eigenvalue weighted by atomic mass is 10.0. The summed E-state index contributed by atoms with van der Waals surface area (Å²) in [6, 6.07) is 6.45. The molecule has 0 aliphatic carbocycles. The third kappa shape index (κ3) is 5.10. The van der Waals surface area contributed by atoms with E-state index in [4.69, 9.17) is 9.47 Å². The lowest BCUT2D eigenvalue weighted by molar-refractivity contribution is -0.908. The number of rotatable bonds is 7. The van der Waals surface area contributed by atoms with Crippen LogP contribution in [-0.2, 0) is 4.74 Å². The Balaban J connectivity index is 1.53. The van der Waals surface area contributed by atoms with Crippen LogP contribution >= 0.6 is 0 Å². The highest BCUT2D eigenvalue weighted by atomic mass is 19.1. The van der Waals surface area contributed by atoms with Crippen molar-refractivity contribution in [2.75, 3.05) is 39.5 Å². The second-order valence-corrected chi connectivity index (χ2v) is 5.59. The standard InChI is InChI=1S/C16H24FNO2/c1-14-5-4-8-18(13-14)9-10-19-11-12-20-16-7-3-2-6-15(16)17/h2-3,6-7,14H,4-5,8-13H2,1H3/p+1/t14-/m1/s1. The molecule has 2 atom stereocenters. The number of benzene rings is 1. The number of nitrogens with one attached hydrogen (secondary N) is 1. The minimum Gasteiger partial charge on any atom is -0.488 e. The molecule has 3 nitrogen and oxygen atoms in total. The molecule has 0 amide bonds. The minimum atomic E-state index is -0.320. The van der Waals surface area contributed by atoms with Crippen molar-refractivity contribution in [3.63, 3.8) is 0 Å². The zero-order valence-corrected chi connectivity index (χ0v) is 12.2. The van der Waals surface area contributed by atoms with E-state index in [0.29, 0.717) is 19.0 Å². The molecule has 112 valence electrons. The summed E-state index contributed by atoms with van der Waals surface area (Å²) in [5.41, 5.74) is 0. The van der Waals surface area contributed by atoms with E-state index < -0.39 is 0 Å². The topological polar surface area (TPSA) is 22.9 Å². The van der Waals surface area contributed by atoms with E-state index in [1.165, 1.54) is 32.0 Å². The number of likely N-dealkylation sites (tertiary alicyclic amines) is 1. The molecule has 1 aromatic carbocycles. The van der Waals surface area contributed by atoms with E-state index in [0.717, 1.165) is 19.1 Å². The van der Waals surface area contributed by atoms with Gasteiger partial charge in [-0.3, -0.25) is 0 Å². The van der Waals surface area contributed by atoms with Crippen LogP contribution in [0.3, 0.4) is 0 Å². The maximum Gasteiger partial charge on any atom is 0.165 e. The number of hydrogen-bond acceptors (Lipinski definition) is 2. The molecule has 1 unspecified atom stereocenters. The van der Waals surface area contributed by atoms with Gasteiger partial charge in [-0.05, 0) is 25.0 Å². The second kappa shape index (κ2) is 8.22. The molecule has 1 aromatic rings. The number of piperidine rings is 1. The number of hydrogen-bond donors (Lipinski definition) is 1. The van der Waals surface area contributed by atoms with Crippen molar-refractivity contribution in [1.29, 1.82) is 0 Å². The van der Waals surface area contributed by atoms with Crippen molar-refractivity contribution < 1.29 is 18.8 Å². The van der Waals surface area contributed by atoms with Crippen LogP contribution in [0.5, 0.6) is 5.75 Å². The van der Waals surface area contributed by atoms with Crippen LogP contribution in [0.4, 0.5) is 4.39 Å². The Morgan fingerprint density at radius 3 is 2.90 bits per heavy atom. The summed E-state index contributed by atoms with van der Waals surface area (Å²) < 4.78 is 24.2. The second-order valence-electron chi connectivity index (χ2n) is 5.59. The highest BCUT2D eigenvalue weighted by molar-refractivity contribution is 5.23. The number of quaternary nitrogens is 1. The zero-order chi connectivity index (χ0) is 14.2. The number of halogens is 1. The Bertz CT molecular complexity index is 400. The molecule has 1 aliphatic rings. The first-order chi connectivity index (χ1) is 9.75. The van der Waals surface area contributed by atoms with Gasteiger partial charge in [0, 0.05) is 5.92 Å². The molecule has 0 spiro atoms. The first kappa shape index (κ1) is 15.3. The van der Waals surface area contributed by atoms with Gasteiger partial charge in [0.2, 0.25) is 0 Å². The van der Waals surface area contributed by atoms with Crippen LogP contribution in [0, 0.1) is 11.7 Å². The van der Waals surface area contributed by atoms with Crippen LogP contribution in [0.2, 0.25) is 0 Å². The van der Waals surface area contributed by atoms with Crippen LogP contribution in [-0.4, -0.2) is 39.5 Å². The molecule has 0 bridgehead atoms. The fourth-order valence-corrected chi connectivity index (χ4v) is 2.72. The summed E-state index contributed by atoms with van der Waals surface area (Å²) in [4.78, 5) is 1.64. The molecule has 1 heterocycles. The Morgan fingerprint density at radius 1 is 1.25 bits per heavy atom. The molecule has 20 heavy (non-hydrogen) atoms. The van der Waals surface area contributed by atoms with E-state index in [2.05, 4.69) is 6.92 Å².